The molecule has 1 fully saturated rings. The molecule has 10 heteroatoms. The highest BCUT2D eigenvalue weighted by Gasteiger charge is 2.57. The van der Waals surface area contributed by atoms with Gasteiger partial charge in [0.15, 0.2) is 0 Å². The molecular weight excluding hydrogens is 372 g/mol. The lowest BCUT2D eigenvalue weighted by molar-refractivity contribution is -0.562. The van der Waals surface area contributed by atoms with E-state index in [1.165, 1.54) is 4.90 Å². The van der Waals surface area contributed by atoms with Gasteiger partial charge >= 0.3 is 6.09 Å². The van der Waals surface area contributed by atoms with E-state index in [0.717, 1.165) is 0 Å². The van der Waals surface area contributed by atoms with Crippen molar-refractivity contribution in [2.24, 2.45) is 0 Å². The van der Waals surface area contributed by atoms with Crippen LogP contribution in [0.25, 0.3) is 0 Å². The lowest BCUT2D eigenvalue weighted by Gasteiger charge is -2.37. The second-order valence-electron chi connectivity index (χ2n) is 8.16. The highest BCUT2D eigenvalue weighted by Crippen LogP contribution is 2.36. The molecule has 1 amide bonds. The molecule has 1 N–H and O–H groups in total. The van der Waals surface area contributed by atoms with Gasteiger partial charge in [-0.05, 0) is 55.4 Å². The van der Waals surface area contributed by atoms with E-state index in [1.807, 2.05) is 0 Å². The minimum atomic E-state index is -1.62. The summed E-state index contributed by atoms with van der Waals surface area (Å²) in [5.41, 5.74) is -1.91. The van der Waals surface area contributed by atoms with Crippen molar-refractivity contribution in [3.63, 3.8) is 0 Å². The predicted octanol–water partition coefficient (Wildman–Crippen LogP) is 2.15. The van der Waals surface area contributed by atoms with E-state index < -0.39 is 52.9 Å². The summed E-state index contributed by atoms with van der Waals surface area (Å²) in [6.45, 7) is 13.7. The van der Waals surface area contributed by atoms with Crippen LogP contribution in [0.5, 0.6) is 0 Å². The van der Waals surface area contributed by atoms with Gasteiger partial charge in [0, 0.05) is 18.1 Å². The van der Waals surface area contributed by atoms with E-state index in [1.54, 1.807) is 55.4 Å². The van der Waals surface area contributed by atoms with Gasteiger partial charge in [-0.1, -0.05) is 0 Å². The number of aliphatic hydroxyl groups excluding tert-OH is 1. The SMILES string of the molecule is CCOC(OCC)[C@@H]([C@@H](O)[C@H]1[C@@H](C)OC(C)(C)N1C(=O)OC(C)(C)C)[N+](=O)[O-]. The van der Waals surface area contributed by atoms with Gasteiger partial charge in [-0.25, -0.2) is 4.79 Å². The van der Waals surface area contributed by atoms with Crippen LogP contribution < -0.4 is 0 Å². The van der Waals surface area contributed by atoms with Crippen LogP contribution in [0.1, 0.15) is 55.4 Å². The first-order valence-electron chi connectivity index (χ1n) is 9.51. The van der Waals surface area contributed by atoms with Crippen molar-refractivity contribution in [1.82, 2.24) is 4.90 Å². The second kappa shape index (κ2) is 9.34. The van der Waals surface area contributed by atoms with Crippen LogP contribution in [0.2, 0.25) is 0 Å². The number of amides is 1. The minimum Gasteiger partial charge on any atom is -0.444 e. The molecule has 0 aromatic carbocycles. The summed E-state index contributed by atoms with van der Waals surface area (Å²) in [4.78, 5) is 25.2. The molecule has 0 aliphatic carbocycles. The zero-order valence-corrected chi connectivity index (χ0v) is 18.0. The summed E-state index contributed by atoms with van der Waals surface area (Å²) < 4.78 is 22.0. The number of rotatable bonds is 8. The largest absolute Gasteiger partial charge is 0.444 e. The van der Waals surface area contributed by atoms with E-state index >= 15 is 0 Å². The second-order valence-corrected chi connectivity index (χ2v) is 8.16. The summed E-state index contributed by atoms with van der Waals surface area (Å²) in [6.07, 6.45) is -4.28. The number of hydrogen-bond acceptors (Lipinski definition) is 8. The van der Waals surface area contributed by atoms with Crippen molar-refractivity contribution < 1.29 is 33.8 Å². The fourth-order valence-corrected chi connectivity index (χ4v) is 3.39. The third-order valence-corrected chi connectivity index (χ3v) is 4.31. The molecule has 4 atom stereocenters. The average Bonchev–Trinajstić information content (AvgIpc) is 2.74. The van der Waals surface area contributed by atoms with E-state index in [2.05, 4.69) is 0 Å². The van der Waals surface area contributed by atoms with Gasteiger partial charge in [0.2, 0.25) is 6.29 Å². The first-order valence-corrected chi connectivity index (χ1v) is 9.51. The van der Waals surface area contributed by atoms with Crippen molar-refractivity contribution in [2.75, 3.05) is 13.2 Å². The number of ether oxygens (including phenoxy) is 4. The Morgan fingerprint density at radius 2 is 1.79 bits per heavy atom. The molecule has 0 radical (unpaired) electrons. The lowest BCUT2D eigenvalue weighted by atomic mass is 9.97. The molecule has 0 saturated carbocycles. The number of nitrogens with zero attached hydrogens (tertiary/aromatic N) is 2. The van der Waals surface area contributed by atoms with Crippen molar-refractivity contribution in [3.8, 4) is 0 Å². The number of carbonyl (C=O) groups excluding carboxylic acids is 1. The van der Waals surface area contributed by atoms with Gasteiger partial charge in [0.1, 0.15) is 17.4 Å². The smallest absolute Gasteiger partial charge is 0.413 e. The van der Waals surface area contributed by atoms with Crippen LogP contribution in [-0.2, 0) is 18.9 Å². The average molecular weight is 406 g/mol. The fourth-order valence-electron chi connectivity index (χ4n) is 3.39. The van der Waals surface area contributed by atoms with E-state index in [9.17, 15) is 20.0 Å². The van der Waals surface area contributed by atoms with Crippen LogP contribution in [0.4, 0.5) is 4.79 Å². The van der Waals surface area contributed by atoms with Gasteiger partial charge in [0.25, 0.3) is 6.04 Å². The summed E-state index contributed by atoms with van der Waals surface area (Å²) in [6, 6.07) is -2.64. The third-order valence-electron chi connectivity index (χ3n) is 4.31. The molecule has 10 nitrogen and oxygen atoms in total. The number of aliphatic hydroxyl groups is 1. The lowest BCUT2D eigenvalue weighted by Crippen LogP contribution is -2.60. The Morgan fingerprint density at radius 1 is 1.29 bits per heavy atom. The molecule has 164 valence electrons. The highest BCUT2D eigenvalue weighted by atomic mass is 16.7. The van der Waals surface area contributed by atoms with Crippen molar-refractivity contribution >= 4 is 6.09 Å². The maximum atomic E-state index is 12.8. The standard InChI is InChI=1S/C18H34N2O8/c1-9-25-15(26-10-2)13(20(23)24)14(21)12-11(3)27-18(7,8)19(12)16(22)28-17(4,5)6/h11-15,21H,9-10H2,1-8H3/t11-,12-,13-,14+/m1/s1. The fraction of sp³-hybridized carbons (Fsp3) is 0.944. The Kier molecular flexibility index (Phi) is 8.19. The monoisotopic (exact) mass is 406 g/mol. The molecule has 1 aliphatic rings. The summed E-state index contributed by atoms with van der Waals surface area (Å²) >= 11 is 0. The van der Waals surface area contributed by atoms with Crippen LogP contribution in [0, 0.1) is 10.1 Å². The molecule has 1 rings (SSSR count). The van der Waals surface area contributed by atoms with Gasteiger partial charge in [-0.2, -0.15) is 0 Å². The van der Waals surface area contributed by atoms with Crippen LogP contribution in [0.15, 0.2) is 0 Å². The Balaban J connectivity index is 3.28. The van der Waals surface area contributed by atoms with Gasteiger partial charge in [0.05, 0.1) is 12.1 Å². The van der Waals surface area contributed by atoms with Crippen molar-refractivity contribution in [2.45, 2.75) is 97.3 Å². The van der Waals surface area contributed by atoms with Crippen molar-refractivity contribution in [3.05, 3.63) is 10.1 Å². The van der Waals surface area contributed by atoms with E-state index in [-0.39, 0.29) is 13.2 Å². The molecule has 1 saturated heterocycles. The van der Waals surface area contributed by atoms with Crippen LogP contribution in [-0.4, -0.2) is 76.1 Å². The molecule has 0 aromatic rings. The summed E-state index contributed by atoms with van der Waals surface area (Å²) in [5.74, 6) is 0. The summed E-state index contributed by atoms with van der Waals surface area (Å²) in [7, 11) is 0. The maximum absolute atomic E-state index is 12.8. The molecule has 0 unspecified atom stereocenters. The molecule has 0 spiro atoms. The van der Waals surface area contributed by atoms with E-state index in [0.29, 0.717) is 0 Å². The highest BCUT2D eigenvalue weighted by molar-refractivity contribution is 5.70. The minimum absolute atomic E-state index is 0.166. The Labute approximate surface area is 166 Å². The maximum Gasteiger partial charge on any atom is 0.413 e. The van der Waals surface area contributed by atoms with Crippen LogP contribution in [0.3, 0.4) is 0 Å². The molecule has 1 heterocycles. The van der Waals surface area contributed by atoms with Crippen molar-refractivity contribution in [1.29, 1.82) is 0 Å². The van der Waals surface area contributed by atoms with E-state index in [4.69, 9.17) is 18.9 Å². The number of hydrogen-bond donors (Lipinski definition) is 1. The van der Waals surface area contributed by atoms with Gasteiger partial charge in [-0.15, -0.1) is 0 Å². The quantitative estimate of drug-likeness (QED) is 0.370. The number of nitro groups is 1. The molecular formula is C18H34N2O8. The molecule has 28 heavy (non-hydrogen) atoms. The topological polar surface area (TPSA) is 121 Å². The van der Waals surface area contributed by atoms with Gasteiger partial charge in [-0.3, -0.25) is 15.0 Å². The Hall–Kier alpha value is -1.49. The normalized spacial score (nSPS) is 24.3. The molecule has 0 bridgehead atoms. The predicted molar refractivity (Wildman–Crippen MR) is 100 cm³/mol. The number of carbonyl (C=O) groups is 1. The Morgan fingerprint density at radius 3 is 2.18 bits per heavy atom. The first-order chi connectivity index (χ1) is 12.8. The molecule has 1 aliphatic heterocycles. The Bertz CT molecular complexity index is 542. The van der Waals surface area contributed by atoms with Gasteiger partial charge < -0.3 is 24.1 Å². The summed E-state index contributed by atoms with van der Waals surface area (Å²) in [5, 5.41) is 22.8. The zero-order valence-electron chi connectivity index (χ0n) is 18.0. The third kappa shape index (κ3) is 5.76. The van der Waals surface area contributed by atoms with Crippen LogP contribution >= 0.6 is 0 Å². The zero-order chi connectivity index (χ0) is 21.9. The molecule has 0 aromatic heterocycles. The first kappa shape index (κ1) is 24.5.